The molecular weight excluding hydrogens is 260 g/mol. The van der Waals surface area contributed by atoms with Gasteiger partial charge in [0.15, 0.2) is 0 Å². The molecule has 2 N–H and O–H groups in total. The molecular formula is C18H30N2O. The van der Waals surface area contributed by atoms with Crippen molar-refractivity contribution < 1.29 is 4.74 Å². The summed E-state index contributed by atoms with van der Waals surface area (Å²) in [4.78, 5) is 2.62. The SMILES string of the molecule is CCN(C1CCCCC1)C(c1ccc(OC)cc1)C(C)N. The zero-order valence-electron chi connectivity index (χ0n) is 13.7. The summed E-state index contributed by atoms with van der Waals surface area (Å²) < 4.78 is 5.27. The molecule has 0 heterocycles. The largest absolute Gasteiger partial charge is 0.497 e. The second kappa shape index (κ2) is 7.81. The van der Waals surface area contributed by atoms with E-state index in [9.17, 15) is 0 Å². The molecule has 1 aromatic carbocycles. The molecule has 3 heteroatoms. The quantitative estimate of drug-likeness (QED) is 0.867. The Labute approximate surface area is 129 Å². The summed E-state index contributed by atoms with van der Waals surface area (Å²) >= 11 is 0. The molecule has 0 bridgehead atoms. The van der Waals surface area contributed by atoms with E-state index in [1.807, 2.05) is 12.1 Å². The van der Waals surface area contributed by atoms with E-state index < -0.39 is 0 Å². The lowest BCUT2D eigenvalue weighted by Crippen LogP contribution is -2.45. The smallest absolute Gasteiger partial charge is 0.118 e. The van der Waals surface area contributed by atoms with Crippen LogP contribution >= 0.6 is 0 Å². The number of nitrogens with two attached hydrogens (primary N) is 1. The summed E-state index contributed by atoms with van der Waals surface area (Å²) in [5.74, 6) is 0.905. The maximum Gasteiger partial charge on any atom is 0.118 e. The minimum atomic E-state index is 0.125. The Bertz CT molecular complexity index is 410. The Morgan fingerprint density at radius 1 is 1.19 bits per heavy atom. The number of rotatable bonds is 6. The molecule has 1 fully saturated rings. The van der Waals surface area contributed by atoms with Crippen LogP contribution in [0.4, 0.5) is 0 Å². The van der Waals surface area contributed by atoms with Gasteiger partial charge in [-0.1, -0.05) is 38.3 Å². The molecule has 2 atom stereocenters. The molecule has 1 aliphatic rings. The summed E-state index contributed by atoms with van der Waals surface area (Å²) in [6.07, 6.45) is 6.73. The fourth-order valence-corrected chi connectivity index (χ4v) is 3.69. The third kappa shape index (κ3) is 3.98. The first-order chi connectivity index (χ1) is 10.2. The van der Waals surface area contributed by atoms with E-state index in [0.717, 1.165) is 12.3 Å². The van der Waals surface area contributed by atoms with Crippen LogP contribution in [0.1, 0.15) is 57.6 Å². The number of hydrogen-bond donors (Lipinski definition) is 1. The predicted octanol–water partition coefficient (Wildman–Crippen LogP) is 3.74. The summed E-state index contributed by atoms with van der Waals surface area (Å²) in [6, 6.07) is 9.52. The van der Waals surface area contributed by atoms with E-state index in [-0.39, 0.29) is 6.04 Å². The Morgan fingerprint density at radius 2 is 1.81 bits per heavy atom. The zero-order valence-corrected chi connectivity index (χ0v) is 13.7. The summed E-state index contributed by atoms with van der Waals surface area (Å²) in [6.45, 7) is 5.44. The summed E-state index contributed by atoms with van der Waals surface area (Å²) in [5, 5.41) is 0. The van der Waals surface area contributed by atoms with Gasteiger partial charge in [-0.15, -0.1) is 0 Å². The van der Waals surface area contributed by atoms with Gasteiger partial charge in [0.05, 0.1) is 7.11 Å². The second-order valence-electron chi connectivity index (χ2n) is 6.20. The number of ether oxygens (including phenoxy) is 1. The topological polar surface area (TPSA) is 38.5 Å². The average Bonchev–Trinajstić information content (AvgIpc) is 2.53. The molecule has 0 radical (unpaired) electrons. The lowest BCUT2D eigenvalue weighted by Gasteiger charge is -2.41. The van der Waals surface area contributed by atoms with Gasteiger partial charge >= 0.3 is 0 Å². The van der Waals surface area contributed by atoms with E-state index in [1.165, 1.54) is 37.7 Å². The van der Waals surface area contributed by atoms with E-state index in [1.54, 1.807) is 7.11 Å². The molecule has 2 unspecified atom stereocenters. The molecule has 1 aromatic rings. The molecule has 1 aliphatic carbocycles. The summed E-state index contributed by atoms with van der Waals surface area (Å²) in [5.41, 5.74) is 7.65. The van der Waals surface area contributed by atoms with Crippen LogP contribution in [0.15, 0.2) is 24.3 Å². The van der Waals surface area contributed by atoms with Gasteiger partial charge in [-0.25, -0.2) is 0 Å². The molecule has 0 amide bonds. The second-order valence-corrected chi connectivity index (χ2v) is 6.20. The minimum Gasteiger partial charge on any atom is -0.497 e. The highest BCUT2D eigenvalue weighted by Gasteiger charge is 2.29. The van der Waals surface area contributed by atoms with Crippen molar-refractivity contribution in [3.05, 3.63) is 29.8 Å². The molecule has 3 nitrogen and oxygen atoms in total. The Balaban J connectivity index is 2.22. The molecule has 0 aromatic heterocycles. The van der Waals surface area contributed by atoms with Gasteiger partial charge in [0.25, 0.3) is 0 Å². The average molecular weight is 290 g/mol. The van der Waals surface area contributed by atoms with E-state index in [4.69, 9.17) is 10.5 Å². The summed E-state index contributed by atoms with van der Waals surface area (Å²) in [7, 11) is 1.71. The Hall–Kier alpha value is -1.06. The van der Waals surface area contributed by atoms with Gasteiger partial charge in [-0.3, -0.25) is 4.90 Å². The van der Waals surface area contributed by atoms with Crippen LogP contribution in [-0.4, -0.2) is 30.6 Å². The number of methoxy groups -OCH3 is 1. The molecule has 0 saturated heterocycles. The van der Waals surface area contributed by atoms with Gasteiger partial charge in [-0.05, 0) is 44.0 Å². The van der Waals surface area contributed by atoms with Crippen molar-refractivity contribution in [3.63, 3.8) is 0 Å². The lowest BCUT2D eigenvalue weighted by atomic mass is 9.90. The first kappa shape index (κ1) is 16.3. The maximum atomic E-state index is 6.35. The van der Waals surface area contributed by atoms with Crippen LogP contribution in [0.25, 0.3) is 0 Å². The normalized spacial score (nSPS) is 19.5. The van der Waals surface area contributed by atoms with Crippen LogP contribution in [-0.2, 0) is 0 Å². The van der Waals surface area contributed by atoms with Crippen molar-refractivity contribution in [1.82, 2.24) is 4.90 Å². The molecule has 118 valence electrons. The van der Waals surface area contributed by atoms with Crippen molar-refractivity contribution in [2.75, 3.05) is 13.7 Å². The van der Waals surface area contributed by atoms with Crippen LogP contribution in [0.3, 0.4) is 0 Å². The van der Waals surface area contributed by atoms with Crippen molar-refractivity contribution >= 4 is 0 Å². The number of likely N-dealkylation sites (N-methyl/N-ethyl adjacent to an activating group) is 1. The van der Waals surface area contributed by atoms with Crippen molar-refractivity contribution in [1.29, 1.82) is 0 Å². The molecule has 21 heavy (non-hydrogen) atoms. The number of benzene rings is 1. The predicted molar refractivity (Wildman–Crippen MR) is 88.6 cm³/mol. The first-order valence-electron chi connectivity index (χ1n) is 8.32. The highest BCUT2D eigenvalue weighted by Crippen LogP contribution is 2.32. The molecule has 1 saturated carbocycles. The fraction of sp³-hybridized carbons (Fsp3) is 0.667. The molecule has 0 aliphatic heterocycles. The molecule has 0 spiro atoms. The van der Waals surface area contributed by atoms with Gasteiger partial charge in [0, 0.05) is 18.1 Å². The maximum absolute atomic E-state index is 6.35. The van der Waals surface area contributed by atoms with E-state index in [2.05, 4.69) is 30.9 Å². The van der Waals surface area contributed by atoms with Crippen LogP contribution in [0.2, 0.25) is 0 Å². The van der Waals surface area contributed by atoms with Crippen LogP contribution < -0.4 is 10.5 Å². The minimum absolute atomic E-state index is 0.125. The highest BCUT2D eigenvalue weighted by atomic mass is 16.5. The first-order valence-corrected chi connectivity index (χ1v) is 8.32. The Morgan fingerprint density at radius 3 is 2.29 bits per heavy atom. The Kier molecular flexibility index (Phi) is 6.07. The standard InChI is InChI=1S/C18H30N2O/c1-4-20(16-8-6-5-7-9-16)18(14(2)19)15-10-12-17(21-3)13-11-15/h10-14,16,18H,4-9,19H2,1-3H3. The van der Waals surface area contributed by atoms with Crippen molar-refractivity contribution in [2.24, 2.45) is 5.73 Å². The van der Waals surface area contributed by atoms with Gasteiger partial charge < -0.3 is 10.5 Å². The van der Waals surface area contributed by atoms with Crippen LogP contribution in [0, 0.1) is 0 Å². The lowest BCUT2D eigenvalue weighted by molar-refractivity contribution is 0.0974. The third-order valence-electron chi connectivity index (χ3n) is 4.72. The highest BCUT2D eigenvalue weighted by molar-refractivity contribution is 5.30. The van der Waals surface area contributed by atoms with Gasteiger partial charge in [-0.2, -0.15) is 0 Å². The fourth-order valence-electron chi connectivity index (χ4n) is 3.69. The van der Waals surface area contributed by atoms with Gasteiger partial charge in [0.1, 0.15) is 5.75 Å². The monoisotopic (exact) mass is 290 g/mol. The number of nitrogens with zero attached hydrogens (tertiary/aromatic N) is 1. The zero-order chi connectivity index (χ0) is 15.2. The van der Waals surface area contributed by atoms with Crippen molar-refractivity contribution in [2.45, 2.75) is 64.1 Å². The van der Waals surface area contributed by atoms with E-state index >= 15 is 0 Å². The van der Waals surface area contributed by atoms with E-state index in [0.29, 0.717) is 12.1 Å². The number of hydrogen-bond acceptors (Lipinski definition) is 3. The van der Waals surface area contributed by atoms with Crippen LogP contribution in [0.5, 0.6) is 5.75 Å². The molecule has 2 rings (SSSR count). The third-order valence-corrected chi connectivity index (χ3v) is 4.72. The van der Waals surface area contributed by atoms with Crippen molar-refractivity contribution in [3.8, 4) is 5.75 Å². The van der Waals surface area contributed by atoms with Gasteiger partial charge in [0.2, 0.25) is 0 Å².